The van der Waals surface area contributed by atoms with Gasteiger partial charge in [0.1, 0.15) is 0 Å². The molecule has 2 rings (SSSR count). The number of nitrogens with one attached hydrogen (secondary N) is 1. The molecule has 0 aliphatic carbocycles. The van der Waals surface area contributed by atoms with Crippen LogP contribution >= 0.6 is 0 Å². The van der Waals surface area contributed by atoms with E-state index in [2.05, 4.69) is 24.4 Å². The number of carbonyl (C=O) groups is 1. The first-order chi connectivity index (χ1) is 10.2. The third-order valence-corrected chi connectivity index (χ3v) is 3.57. The minimum atomic E-state index is -0.181. The number of hydrogen-bond acceptors (Lipinski definition) is 4. The van der Waals surface area contributed by atoms with E-state index in [0.29, 0.717) is 19.7 Å². The normalized spacial score (nSPS) is 19.4. The molecule has 1 aliphatic heterocycles. The predicted octanol–water partition coefficient (Wildman–Crippen LogP) is 1.27. The van der Waals surface area contributed by atoms with E-state index in [9.17, 15) is 4.79 Å². The van der Waals surface area contributed by atoms with Gasteiger partial charge in [-0.2, -0.15) is 0 Å². The maximum atomic E-state index is 12.0. The molecular weight excluding hydrogens is 268 g/mol. The lowest BCUT2D eigenvalue weighted by atomic mass is 10.1. The molecule has 21 heavy (non-hydrogen) atoms. The molecule has 1 fully saturated rings. The summed E-state index contributed by atoms with van der Waals surface area (Å²) in [5.41, 5.74) is 2.11. The van der Waals surface area contributed by atoms with Crippen LogP contribution in [-0.2, 0) is 16.0 Å². The molecule has 1 aromatic carbocycles. The fourth-order valence-corrected chi connectivity index (χ4v) is 2.48. The van der Waals surface area contributed by atoms with Gasteiger partial charge >= 0.3 is 0 Å². The molecule has 0 spiro atoms. The Kier molecular flexibility index (Phi) is 6.17. The van der Waals surface area contributed by atoms with Crippen molar-refractivity contribution in [3.8, 4) is 0 Å². The minimum Gasteiger partial charge on any atom is -0.394 e. The zero-order valence-electron chi connectivity index (χ0n) is 12.5. The average Bonchev–Trinajstić information content (AvgIpc) is 2.49. The van der Waals surface area contributed by atoms with E-state index >= 15 is 0 Å². The van der Waals surface area contributed by atoms with Gasteiger partial charge in [0.25, 0.3) is 0 Å². The van der Waals surface area contributed by atoms with Crippen molar-refractivity contribution in [2.45, 2.75) is 25.9 Å². The number of morpholine rings is 1. The van der Waals surface area contributed by atoms with Crippen molar-refractivity contribution in [3.05, 3.63) is 29.8 Å². The van der Waals surface area contributed by atoms with Crippen LogP contribution in [0.15, 0.2) is 24.3 Å². The van der Waals surface area contributed by atoms with Crippen LogP contribution in [0, 0.1) is 0 Å². The molecule has 0 bridgehead atoms. The van der Waals surface area contributed by atoms with Crippen LogP contribution in [0.3, 0.4) is 0 Å². The summed E-state index contributed by atoms with van der Waals surface area (Å²) in [4.78, 5) is 14.0. The summed E-state index contributed by atoms with van der Waals surface area (Å²) < 4.78 is 5.37. The Morgan fingerprint density at radius 3 is 2.86 bits per heavy atom. The van der Waals surface area contributed by atoms with E-state index in [0.717, 1.165) is 25.1 Å². The number of amides is 1. The number of ether oxygens (including phenoxy) is 1. The van der Waals surface area contributed by atoms with Gasteiger partial charge in [-0.05, 0) is 24.1 Å². The van der Waals surface area contributed by atoms with Crippen molar-refractivity contribution in [2.24, 2.45) is 0 Å². The van der Waals surface area contributed by atoms with Gasteiger partial charge in [0.2, 0.25) is 5.91 Å². The molecule has 1 unspecified atom stereocenters. The average molecular weight is 292 g/mol. The van der Waals surface area contributed by atoms with Gasteiger partial charge in [0.15, 0.2) is 0 Å². The minimum absolute atomic E-state index is 0.00297. The largest absolute Gasteiger partial charge is 0.394 e. The lowest BCUT2D eigenvalue weighted by molar-refractivity contribution is -0.120. The van der Waals surface area contributed by atoms with Crippen molar-refractivity contribution in [1.82, 2.24) is 4.90 Å². The Hall–Kier alpha value is -1.43. The van der Waals surface area contributed by atoms with E-state index in [1.807, 2.05) is 17.0 Å². The predicted molar refractivity (Wildman–Crippen MR) is 82.3 cm³/mol. The summed E-state index contributed by atoms with van der Waals surface area (Å²) in [6.07, 6.45) is 2.00. The number of benzene rings is 1. The van der Waals surface area contributed by atoms with Gasteiger partial charge < -0.3 is 15.2 Å². The Morgan fingerprint density at radius 1 is 1.43 bits per heavy atom. The Labute approximate surface area is 125 Å². The number of rotatable bonds is 6. The Bertz CT molecular complexity index is 447. The molecule has 5 nitrogen and oxygen atoms in total. The van der Waals surface area contributed by atoms with Gasteiger partial charge in [-0.3, -0.25) is 9.69 Å². The summed E-state index contributed by atoms with van der Waals surface area (Å²) >= 11 is 0. The van der Waals surface area contributed by atoms with Crippen molar-refractivity contribution in [3.63, 3.8) is 0 Å². The first-order valence-electron chi connectivity index (χ1n) is 7.55. The van der Waals surface area contributed by atoms with Crippen LogP contribution in [0.4, 0.5) is 5.69 Å². The quantitative estimate of drug-likeness (QED) is 0.829. The molecule has 1 heterocycles. The summed E-state index contributed by atoms with van der Waals surface area (Å²) in [5.74, 6) is -0.0307. The van der Waals surface area contributed by atoms with E-state index in [4.69, 9.17) is 9.84 Å². The molecule has 116 valence electrons. The molecular formula is C16H24N2O3. The summed E-state index contributed by atoms with van der Waals surface area (Å²) in [6.45, 7) is 4.36. The number of nitrogens with zero attached hydrogens (tertiary/aromatic N) is 1. The highest BCUT2D eigenvalue weighted by Gasteiger charge is 2.21. The van der Waals surface area contributed by atoms with Crippen LogP contribution in [0.25, 0.3) is 0 Å². The highest BCUT2D eigenvalue weighted by molar-refractivity contribution is 5.92. The van der Waals surface area contributed by atoms with E-state index < -0.39 is 0 Å². The molecule has 1 atom stereocenters. The fourth-order valence-electron chi connectivity index (χ4n) is 2.48. The van der Waals surface area contributed by atoms with Crippen molar-refractivity contribution < 1.29 is 14.6 Å². The zero-order valence-corrected chi connectivity index (χ0v) is 12.5. The monoisotopic (exact) mass is 292 g/mol. The summed E-state index contributed by atoms with van der Waals surface area (Å²) in [6, 6.07) is 7.99. The lowest BCUT2D eigenvalue weighted by Gasteiger charge is -2.31. The number of hydrogen-bond donors (Lipinski definition) is 2. The first kappa shape index (κ1) is 15.9. The molecule has 1 saturated heterocycles. The van der Waals surface area contributed by atoms with Gasteiger partial charge in [0, 0.05) is 18.8 Å². The first-order valence-corrected chi connectivity index (χ1v) is 7.55. The van der Waals surface area contributed by atoms with Crippen molar-refractivity contribution in [1.29, 1.82) is 0 Å². The standard InChI is InChI=1S/C16H24N2O3/c1-2-3-13-4-6-14(7-5-13)17-16(20)11-18-8-9-21-15(10-18)12-19/h4-7,15,19H,2-3,8-12H2,1H3,(H,17,20). The van der Waals surface area contributed by atoms with Crippen LogP contribution < -0.4 is 5.32 Å². The Morgan fingerprint density at radius 2 is 2.19 bits per heavy atom. The molecule has 1 amide bonds. The number of aryl methyl sites for hydroxylation is 1. The third-order valence-electron chi connectivity index (χ3n) is 3.57. The van der Waals surface area contributed by atoms with Gasteiger partial charge in [-0.1, -0.05) is 25.5 Å². The highest BCUT2D eigenvalue weighted by atomic mass is 16.5. The number of aliphatic hydroxyl groups excluding tert-OH is 1. The second-order valence-corrected chi connectivity index (χ2v) is 5.41. The topological polar surface area (TPSA) is 61.8 Å². The number of anilines is 1. The van der Waals surface area contributed by atoms with Gasteiger partial charge in [-0.15, -0.1) is 0 Å². The molecule has 0 saturated carbocycles. The maximum Gasteiger partial charge on any atom is 0.238 e. The zero-order chi connectivity index (χ0) is 15.1. The summed E-state index contributed by atoms with van der Waals surface area (Å²) in [7, 11) is 0. The molecule has 1 aliphatic rings. The van der Waals surface area contributed by atoms with Crippen molar-refractivity contribution >= 4 is 11.6 Å². The third kappa shape index (κ3) is 5.12. The van der Waals surface area contributed by atoms with Gasteiger partial charge in [0.05, 0.1) is 25.9 Å². The smallest absolute Gasteiger partial charge is 0.238 e. The van der Waals surface area contributed by atoms with E-state index in [1.54, 1.807) is 0 Å². The lowest BCUT2D eigenvalue weighted by Crippen LogP contribution is -2.46. The Balaban J connectivity index is 1.81. The maximum absolute atomic E-state index is 12.0. The van der Waals surface area contributed by atoms with Gasteiger partial charge in [-0.25, -0.2) is 0 Å². The number of aliphatic hydroxyl groups is 1. The second-order valence-electron chi connectivity index (χ2n) is 5.41. The van der Waals surface area contributed by atoms with Crippen molar-refractivity contribution in [2.75, 3.05) is 38.2 Å². The van der Waals surface area contributed by atoms with Crippen LogP contribution in [0.5, 0.6) is 0 Å². The molecule has 5 heteroatoms. The van der Waals surface area contributed by atoms with E-state index in [-0.39, 0.29) is 18.6 Å². The number of carbonyl (C=O) groups excluding carboxylic acids is 1. The summed E-state index contributed by atoms with van der Waals surface area (Å²) in [5, 5.41) is 12.0. The van der Waals surface area contributed by atoms with Crippen LogP contribution in [0.1, 0.15) is 18.9 Å². The fraction of sp³-hybridized carbons (Fsp3) is 0.562. The molecule has 0 radical (unpaired) electrons. The highest BCUT2D eigenvalue weighted by Crippen LogP contribution is 2.11. The molecule has 1 aromatic rings. The second kappa shape index (κ2) is 8.12. The molecule has 2 N–H and O–H groups in total. The molecule has 0 aromatic heterocycles. The SMILES string of the molecule is CCCc1ccc(NC(=O)CN2CCOC(CO)C2)cc1. The van der Waals surface area contributed by atoms with Crippen LogP contribution in [-0.4, -0.2) is 54.9 Å². The van der Waals surface area contributed by atoms with Crippen LogP contribution in [0.2, 0.25) is 0 Å². The van der Waals surface area contributed by atoms with E-state index in [1.165, 1.54) is 5.56 Å².